The van der Waals surface area contributed by atoms with Crippen molar-refractivity contribution in [2.45, 2.75) is 25.3 Å². The van der Waals surface area contributed by atoms with Crippen LogP contribution < -0.4 is 5.32 Å². The number of fused-ring (bicyclic) bond motifs is 1. The normalized spacial score (nSPS) is 10.6. The first kappa shape index (κ1) is 13.9. The standard InChI is InChI=1S/C15H18N2OS/c1-3-8-16-14(18)10-19-15-9-11(2)12-6-4-5-7-13(12)17-15/h4-7,9H,3,8,10H2,1-2H3,(H,16,18). The Hall–Kier alpha value is -1.55. The van der Waals surface area contributed by atoms with E-state index in [1.54, 1.807) is 0 Å². The van der Waals surface area contributed by atoms with Crippen molar-refractivity contribution >= 4 is 28.6 Å². The highest BCUT2D eigenvalue weighted by Gasteiger charge is 2.05. The van der Waals surface area contributed by atoms with Crippen LogP contribution in [0, 0.1) is 6.92 Å². The molecule has 0 aliphatic carbocycles. The smallest absolute Gasteiger partial charge is 0.230 e. The Kier molecular flexibility index (Phi) is 4.80. The lowest BCUT2D eigenvalue weighted by molar-refractivity contribution is -0.118. The van der Waals surface area contributed by atoms with Gasteiger partial charge >= 0.3 is 0 Å². The fourth-order valence-corrected chi connectivity index (χ4v) is 2.65. The van der Waals surface area contributed by atoms with Crippen molar-refractivity contribution in [3.8, 4) is 0 Å². The second-order valence-corrected chi connectivity index (χ2v) is 5.43. The molecule has 2 aromatic rings. The predicted molar refractivity (Wildman–Crippen MR) is 80.5 cm³/mol. The fourth-order valence-electron chi connectivity index (χ4n) is 1.85. The van der Waals surface area contributed by atoms with Crippen LogP contribution in [0.3, 0.4) is 0 Å². The number of carbonyl (C=O) groups is 1. The van der Waals surface area contributed by atoms with Gasteiger partial charge < -0.3 is 5.32 Å². The monoisotopic (exact) mass is 274 g/mol. The number of amides is 1. The summed E-state index contributed by atoms with van der Waals surface area (Å²) in [6.45, 7) is 4.86. The topological polar surface area (TPSA) is 42.0 Å². The molecule has 0 bridgehead atoms. The average molecular weight is 274 g/mol. The molecule has 0 fully saturated rings. The number of benzene rings is 1. The number of aromatic nitrogens is 1. The minimum atomic E-state index is 0.0689. The molecule has 1 aromatic heterocycles. The molecule has 1 heterocycles. The van der Waals surface area contributed by atoms with E-state index in [2.05, 4.69) is 23.3 Å². The summed E-state index contributed by atoms with van der Waals surface area (Å²) < 4.78 is 0. The Labute approximate surface area is 117 Å². The number of rotatable bonds is 5. The van der Waals surface area contributed by atoms with Crippen LogP contribution in [0.15, 0.2) is 35.4 Å². The van der Waals surface area contributed by atoms with Gasteiger partial charge in [-0.2, -0.15) is 0 Å². The Morgan fingerprint density at radius 3 is 2.95 bits per heavy atom. The molecular weight excluding hydrogens is 256 g/mol. The maximum absolute atomic E-state index is 11.6. The van der Waals surface area contributed by atoms with E-state index in [0.29, 0.717) is 5.75 Å². The van der Waals surface area contributed by atoms with Crippen molar-refractivity contribution in [3.05, 3.63) is 35.9 Å². The van der Waals surface area contributed by atoms with Gasteiger partial charge in [-0.3, -0.25) is 4.79 Å². The summed E-state index contributed by atoms with van der Waals surface area (Å²) in [6.07, 6.45) is 0.962. The summed E-state index contributed by atoms with van der Waals surface area (Å²) in [6, 6.07) is 10.1. The maximum atomic E-state index is 11.6. The number of aryl methyl sites for hydroxylation is 1. The zero-order valence-corrected chi connectivity index (χ0v) is 12.1. The molecule has 0 radical (unpaired) electrons. The maximum Gasteiger partial charge on any atom is 0.230 e. The zero-order valence-electron chi connectivity index (χ0n) is 11.3. The van der Waals surface area contributed by atoms with Gasteiger partial charge in [0.15, 0.2) is 0 Å². The van der Waals surface area contributed by atoms with Crippen LogP contribution in [0.25, 0.3) is 10.9 Å². The third-order valence-electron chi connectivity index (χ3n) is 2.82. The van der Waals surface area contributed by atoms with Crippen LogP contribution in [-0.4, -0.2) is 23.2 Å². The van der Waals surface area contributed by atoms with E-state index in [1.807, 2.05) is 31.2 Å². The Morgan fingerprint density at radius 2 is 2.16 bits per heavy atom. The Morgan fingerprint density at radius 1 is 1.37 bits per heavy atom. The Balaban J connectivity index is 2.07. The molecule has 4 heteroatoms. The van der Waals surface area contributed by atoms with Crippen LogP contribution >= 0.6 is 11.8 Å². The van der Waals surface area contributed by atoms with E-state index < -0.39 is 0 Å². The molecule has 1 amide bonds. The molecule has 19 heavy (non-hydrogen) atoms. The Bertz CT molecular complexity index is 583. The third-order valence-corrected chi connectivity index (χ3v) is 3.73. The molecule has 2 rings (SSSR count). The zero-order chi connectivity index (χ0) is 13.7. The van der Waals surface area contributed by atoms with Crippen LogP contribution in [0.1, 0.15) is 18.9 Å². The van der Waals surface area contributed by atoms with Crippen molar-refractivity contribution in [3.63, 3.8) is 0 Å². The summed E-state index contributed by atoms with van der Waals surface area (Å²) in [5, 5.41) is 4.94. The molecule has 0 unspecified atom stereocenters. The van der Waals surface area contributed by atoms with E-state index in [9.17, 15) is 4.79 Å². The molecule has 0 spiro atoms. The molecule has 0 aliphatic rings. The minimum absolute atomic E-state index is 0.0689. The fraction of sp³-hybridized carbons (Fsp3) is 0.333. The number of thioether (sulfide) groups is 1. The number of hydrogen-bond acceptors (Lipinski definition) is 3. The van der Waals surface area contributed by atoms with Crippen LogP contribution in [-0.2, 0) is 4.79 Å². The van der Waals surface area contributed by atoms with E-state index in [1.165, 1.54) is 22.7 Å². The lowest BCUT2D eigenvalue weighted by atomic mass is 10.1. The number of para-hydroxylation sites is 1. The molecule has 0 saturated carbocycles. The second kappa shape index (κ2) is 6.57. The molecular formula is C15H18N2OS. The number of nitrogens with zero attached hydrogens (tertiary/aromatic N) is 1. The largest absolute Gasteiger partial charge is 0.355 e. The molecule has 0 atom stereocenters. The van der Waals surface area contributed by atoms with Gasteiger partial charge in [-0.15, -0.1) is 0 Å². The van der Waals surface area contributed by atoms with Gasteiger partial charge in [0.05, 0.1) is 16.3 Å². The average Bonchev–Trinajstić information content (AvgIpc) is 2.43. The van der Waals surface area contributed by atoms with Gasteiger partial charge in [0.1, 0.15) is 0 Å². The van der Waals surface area contributed by atoms with Crippen molar-refractivity contribution < 1.29 is 4.79 Å². The minimum Gasteiger partial charge on any atom is -0.355 e. The van der Waals surface area contributed by atoms with Crippen molar-refractivity contribution in [2.24, 2.45) is 0 Å². The molecule has 0 saturated heterocycles. The highest BCUT2D eigenvalue weighted by Crippen LogP contribution is 2.23. The first-order valence-corrected chi connectivity index (χ1v) is 7.45. The molecule has 0 aliphatic heterocycles. The second-order valence-electron chi connectivity index (χ2n) is 4.43. The number of carbonyl (C=O) groups excluding carboxylic acids is 1. The highest BCUT2D eigenvalue weighted by atomic mass is 32.2. The van der Waals surface area contributed by atoms with Gasteiger partial charge in [0, 0.05) is 11.9 Å². The first-order chi connectivity index (χ1) is 9.20. The van der Waals surface area contributed by atoms with Crippen LogP contribution in [0.2, 0.25) is 0 Å². The van der Waals surface area contributed by atoms with E-state index in [4.69, 9.17) is 0 Å². The summed E-state index contributed by atoms with van der Waals surface area (Å²) in [5.41, 5.74) is 2.18. The van der Waals surface area contributed by atoms with E-state index >= 15 is 0 Å². The summed E-state index contributed by atoms with van der Waals surface area (Å²) in [5.74, 6) is 0.490. The van der Waals surface area contributed by atoms with Crippen molar-refractivity contribution in [2.75, 3.05) is 12.3 Å². The van der Waals surface area contributed by atoms with Gasteiger partial charge in [-0.25, -0.2) is 4.98 Å². The molecule has 1 N–H and O–H groups in total. The summed E-state index contributed by atoms with van der Waals surface area (Å²) in [7, 11) is 0. The van der Waals surface area contributed by atoms with Gasteiger partial charge in [-0.05, 0) is 31.0 Å². The number of nitrogens with one attached hydrogen (secondary N) is 1. The lowest BCUT2D eigenvalue weighted by Crippen LogP contribution is -2.25. The van der Waals surface area contributed by atoms with E-state index in [-0.39, 0.29) is 5.91 Å². The molecule has 3 nitrogen and oxygen atoms in total. The highest BCUT2D eigenvalue weighted by molar-refractivity contribution is 7.99. The van der Waals surface area contributed by atoms with Crippen LogP contribution in [0.5, 0.6) is 0 Å². The number of pyridine rings is 1. The quantitative estimate of drug-likeness (QED) is 0.852. The SMILES string of the molecule is CCCNC(=O)CSc1cc(C)c2ccccc2n1. The summed E-state index contributed by atoms with van der Waals surface area (Å²) in [4.78, 5) is 16.1. The predicted octanol–water partition coefficient (Wildman–Crippen LogP) is 3.16. The molecule has 1 aromatic carbocycles. The molecule has 100 valence electrons. The van der Waals surface area contributed by atoms with Crippen molar-refractivity contribution in [1.82, 2.24) is 10.3 Å². The summed E-state index contributed by atoms with van der Waals surface area (Å²) >= 11 is 1.48. The van der Waals surface area contributed by atoms with Crippen LogP contribution in [0.4, 0.5) is 0 Å². The van der Waals surface area contributed by atoms with Gasteiger partial charge in [0.2, 0.25) is 5.91 Å². The van der Waals surface area contributed by atoms with Crippen molar-refractivity contribution in [1.29, 1.82) is 0 Å². The van der Waals surface area contributed by atoms with E-state index in [0.717, 1.165) is 23.5 Å². The van der Waals surface area contributed by atoms with Gasteiger partial charge in [0.25, 0.3) is 0 Å². The first-order valence-electron chi connectivity index (χ1n) is 6.46. The lowest BCUT2D eigenvalue weighted by Gasteiger charge is -2.06. The van der Waals surface area contributed by atoms with Gasteiger partial charge in [-0.1, -0.05) is 36.9 Å². The number of hydrogen-bond donors (Lipinski definition) is 1. The third kappa shape index (κ3) is 3.70.